The van der Waals surface area contributed by atoms with Crippen molar-refractivity contribution in [1.82, 2.24) is 4.90 Å². The van der Waals surface area contributed by atoms with Gasteiger partial charge in [0.2, 0.25) is 0 Å². The molecule has 1 amide bonds. The summed E-state index contributed by atoms with van der Waals surface area (Å²) in [6.07, 6.45) is -0.961. The van der Waals surface area contributed by atoms with Gasteiger partial charge in [-0.2, -0.15) is 0 Å². The van der Waals surface area contributed by atoms with E-state index in [1.54, 1.807) is 17.0 Å². The lowest BCUT2D eigenvalue weighted by Gasteiger charge is -2.24. The monoisotopic (exact) mass is 297 g/mol. The van der Waals surface area contributed by atoms with Crippen molar-refractivity contribution >= 4 is 17.7 Å². The Balaban J connectivity index is 2.05. The van der Waals surface area contributed by atoms with Crippen LogP contribution in [0.1, 0.15) is 32.3 Å². The summed E-state index contributed by atoms with van der Waals surface area (Å²) < 4.78 is 5.33. The number of hydrogen-bond donors (Lipinski definition) is 1. The minimum absolute atomic E-state index is 0.0974. The number of benzene rings is 1. The predicted octanol–water partition coefficient (Wildman–Crippen LogP) is 3.04. The highest BCUT2D eigenvalue weighted by atomic mass is 35.5. The highest BCUT2D eigenvalue weighted by Crippen LogP contribution is 2.29. The molecule has 1 heterocycles. The molecule has 1 aliphatic heterocycles. The second-order valence-electron chi connectivity index (χ2n) is 6.11. The van der Waals surface area contributed by atoms with Gasteiger partial charge in [-0.15, -0.1) is 0 Å². The molecule has 0 aliphatic carbocycles. The number of carbonyl (C=O) groups is 1. The smallest absolute Gasteiger partial charge is 0.410 e. The molecule has 0 unspecified atom stereocenters. The normalized spacial score (nSPS) is 22.9. The molecule has 1 aromatic rings. The zero-order chi connectivity index (χ0) is 14.9. The molecule has 5 heteroatoms. The van der Waals surface area contributed by atoms with E-state index in [0.717, 1.165) is 5.56 Å². The number of carbonyl (C=O) groups excluding carboxylic acids is 1. The van der Waals surface area contributed by atoms with E-state index in [4.69, 9.17) is 16.3 Å². The Labute approximate surface area is 124 Å². The Bertz CT molecular complexity index is 481. The molecule has 0 radical (unpaired) electrons. The lowest BCUT2D eigenvalue weighted by molar-refractivity contribution is 0.0270. The van der Waals surface area contributed by atoms with E-state index in [-0.39, 0.29) is 12.0 Å². The lowest BCUT2D eigenvalue weighted by atomic mass is 9.96. The first-order valence-electron chi connectivity index (χ1n) is 6.68. The van der Waals surface area contributed by atoms with Crippen molar-refractivity contribution in [2.45, 2.75) is 38.4 Å². The summed E-state index contributed by atoms with van der Waals surface area (Å²) in [4.78, 5) is 13.6. The molecule has 1 N–H and O–H groups in total. The quantitative estimate of drug-likeness (QED) is 0.867. The molecule has 2 atom stereocenters. The second kappa shape index (κ2) is 5.62. The average Bonchev–Trinajstić information content (AvgIpc) is 2.70. The fourth-order valence-corrected chi connectivity index (χ4v) is 2.43. The summed E-state index contributed by atoms with van der Waals surface area (Å²) in [5, 5.41) is 10.8. The largest absolute Gasteiger partial charge is 0.444 e. The summed E-state index contributed by atoms with van der Waals surface area (Å²) in [6, 6.07) is 7.35. The molecule has 4 nitrogen and oxygen atoms in total. The van der Waals surface area contributed by atoms with Gasteiger partial charge in [-0.05, 0) is 38.5 Å². The number of amides is 1. The zero-order valence-corrected chi connectivity index (χ0v) is 12.7. The van der Waals surface area contributed by atoms with Gasteiger partial charge in [0.15, 0.2) is 0 Å². The zero-order valence-electron chi connectivity index (χ0n) is 12.0. The van der Waals surface area contributed by atoms with Gasteiger partial charge in [-0.25, -0.2) is 4.79 Å². The Kier molecular flexibility index (Phi) is 4.25. The first-order valence-corrected chi connectivity index (χ1v) is 7.05. The predicted molar refractivity (Wildman–Crippen MR) is 78.0 cm³/mol. The number of aliphatic hydroxyl groups is 1. The van der Waals surface area contributed by atoms with Crippen LogP contribution in [0.3, 0.4) is 0 Å². The number of aliphatic hydroxyl groups excluding tert-OH is 1. The molecule has 0 spiro atoms. The van der Waals surface area contributed by atoms with E-state index in [1.807, 2.05) is 32.9 Å². The molecule has 20 heavy (non-hydrogen) atoms. The van der Waals surface area contributed by atoms with Crippen molar-refractivity contribution in [3.05, 3.63) is 34.9 Å². The molecule has 110 valence electrons. The first kappa shape index (κ1) is 15.1. The van der Waals surface area contributed by atoms with Crippen molar-refractivity contribution in [3.8, 4) is 0 Å². The SMILES string of the molecule is CC(C)(C)OC(=O)N1C[C@@H](O)[C@H](c2ccc(Cl)cc2)C1. The number of ether oxygens (including phenoxy) is 1. The molecule has 0 bridgehead atoms. The Morgan fingerprint density at radius 3 is 2.45 bits per heavy atom. The van der Waals surface area contributed by atoms with Gasteiger partial charge in [-0.1, -0.05) is 23.7 Å². The third-order valence-corrected chi connectivity index (χ3v) is 3.49. The summed E-state index contributed by atoms with van der Waals surface area (Å²) >= 11 is 5.86. The first-order chi connectivity index (χ1) is 9.26. The van der Waals surface area contributed by atoms with Gasteiger partial charge >= 0.3 is 6.09 Å². The second-order valence-corrected chi connectivity index (χ2v) is 6.55. The number of β-amino-alcohol motifs (C(OH)–C–C–N with tert-alkyl or cyclic N) is 1. The van der Waals surface area contributed by atoms with Crippen LogP contribution < -0.4 is 0 Å². The Morgan fingerprint density at radius 1 is 1.30 bits per heavy atom. The molecule has 2 rings (SSSR count). The van der Waals surface area contributed by atoms with Gasteiger partial charge in [0.05, 0.1) is 12.6 Å². The van der Waals surface area contributed by atoms with Crippen molar-refractivity contribution in [2.75, 3.05) is 13.1 Å². The van der Waals surface area contributed by atoms with Crippen LogP contribution in [0.25, 0.3) is 0 Å². The molecule has 1 aromatic carbocycles. The molecule has 0 saturated carbocycles. The number of halogens is 1. The van der Waals surface area contributed by atoms with Crippen LogP contribution >= 0.6 is 11.6 Å². The number of hydrogen-bond acceptors (Lipinski definition) is 3. The summed E-state index contributed by atoms with van der Waals surface area (Å²) in [5.74, 6) is -0.0974. The molecular formula is C15H20ClNO3. The van der Waals surface area contributed by atoms with Gasteiger partial charge in [-0.3, -0.25) is 0 Å². The van der Waals surface area contributed by atoms with Crippen molar-refractivity contribution in [2.24, 2.45) is 0 Å². The molecule has 0 aromatic heterocycles. The average molecular weight is 298 g/mol. The topological polar surface area (TPSA) is 49.8 Å². The van der Waals surface area contributed by atoms with E-state index in [0.29, 0.717) is 18.1 Å². The van der Waals surface area contributed by atoms with E-state index in [2.05, 4.69) is 0 Å². The van der Waals surface area contributed by atoms with E-state index in [9.17, 15) is 9.90 Å². The maximum absolute atomic E-state index is 12.0. The highest BCUT2D eigenvalue weighted by Gasteiger charge is 2.36. The van der Waals surface area contributed by atoms with Gasteiger partial charge in [0.1, 0.15) is 5.60 Å². The minimum atomic E-state index is -0.580. The fraction of sp³-hybridized carbons (Fsp3) is 0.533. The third-order valence-electron chi connectivity index (χ3n) is 3.24. The van der Waals surface area contributed by atoms with Crippen molar-refractivity contribution in [1.29, 1.82) is 0 Å². The van der Waals surface area contributed by atoms with Crippen LogP contribution in [0, 0.1) is 0 Å². The van der Waals surface area contributed by atoms with Crippen molar-refractivity contribution in [3.63, 3.8) is 0 Å². The number of nitrogens with zero attached hydrogens (tertiary/aromatic N) is 1. The molecule has 1 fully saturated rings. The van der Waals surface area contributed by atoms with Crippen LogP contribution in [0.4, 0.5) is 4.79 Å². The van der Waals surface area contributed by atoms with Crippen LogP contribution in [0.15, 0.2) is 24.3 Å². The number of likely N-dealkylation sites (tertiary alicyclic amines) is 1. The number of rotatable bonds is 1. The fourth-order valence-electron chi connectivity index (χ4n) is 2.30. The maximum atomic E-state index is 12.0. The van der Waals surface area contributed by atoms with Crippen LogP contribution in [0.2, 0.25) is 5.02 Å². The van der Waals surface area contributed by atoms with Crippen LogP contribution in [0.5, 0.6) is 0 Å². The standard InChI is InChI=1S/C15H20ClNO3/c1-15(2,3)20-14(19)17-8-12(13(18)9-17)10-4-6-11(16)7-5-10/h4-7,12-13,18H,8-9H2,1-3H3/t12-,13+/m0/s1. The molecule has 1 saturated heterocycles. The lowest BCUT2D eigenvalue weighted by Crippen LogP contribution is -2.35. The Hall–Kier alpha value is -1.26. The van der Waals surface area contributed by atoms with Gasteiger partial charge < -0.3 is 14.7 Å². The molecular weight excluding hydrogens is 278 g/mol. The van der Waals surface area contributed by atoms with Crippen molar-refractivity contribution < 1.29 is 14.6 Å². The molecule has 1 aliphatic rings. The minimum Gasteiger partial charge on any atom is -0.444 e. The summed E-state index contributed by atoms with van der Waals surface area (Å²) in [6.45, 7) is 6.23. The summed E-state index contributed by atoms with van der Waals surface area (Å²) in [5.41, 5.74) is 0.452. The van der Waals surface area contributed by atoms with E-state index >= 15 is 0 Å². The Morgan fingerprint density at radius 2 is 1.90 bits per heavy atom. The van der Waals surface area contributed by atoms with E-state index < -0.39 is 11.7 Å². The maximum Gasteiger partial charge on any atom is 0.410 e. The van der Waals surface area contributed by atoms with Gasteiger partial charge in [0.25, 0.3) is 0 Å². The van der Waals surface area contributed by atoms with Crippen LogP contribution in [-0.4, -0.2) is 40.9 Å². The summed E-state index contributed by atoms with van der Waals surface area (Å²) in [7, 11) is 0. The third kappa shape index (κ3) is 3.64. The van der Waals surface area contributed by atoms with Gasteiger partial charge in [0, 0.05) is 17.5 Å². The van der Waals surface area contributed by atoms with E-state index in [1.165, 1.54) is 0 Å². The highest BCUT2D eigenvalue weighted by molar-refractivity contribution is 6.30. The van der Waals surface area contributed by atoms with Crippen LogP contribution in [-0.2, 0) is 4.74 Å².